The fourth-order valence-electron chi connectivity index (χ4n) is 5.56. The van der Waals surface area contributed by atoms with Crippen molar-refractivity contribution in [3.63, 3.8) is 0 Å². The van der Waals surface area contributed by atoms with Crippen molar-refractivity contribution in [2.45, 2.75) is 37.3 Å². The summed E-state index contributed by atoms with van der Waals surface area (Å²) in [6, 6.07) is 12.5. The Labute approximate surface area is 205 Å². The minimum atomic E-state index is -1.16. The normalized spacial score (nSPS) is 23.4. The third kappa shape index (κ3) is 4.71. The standard InChI is InChI=1S/C28H33F2N3O2/c1-31(24-11-13-32(14-12-24)17-20-7-8-20)27(35)33-18-21(25-15-23(29)9-10-26(25)30)16-28(33,19-34)22-5-3-2-4-6-22/h2-6,9-10,15-16,20,24,34H,7-8,11-14,17-19H2,1H3/t28-/m1/s1. The second-order valence-corrected chi connectivity index (χ2v) is 10.2. The van der Waals surface area contributed by atoms with E-state index in [2.05, 4.69) is 4.90 Å². The molecule has 3 aliphatic rings. The van der Waals surface area contributed by atoms with Gasteiger partial charge in [0.05, 0.1) is 6.61 Å². The van der Waals surface area contributed by atoms with Crippen LogP contribution >= 0.6 is 0 Å². The fraction of sp³-hybridized carbons (Fsp3) is 0.464. The summed E-state index contributed by atoms with van der Waals surface area (Å²) >= 11 is 0. The molecule has 1 saturated carbocycles. The highest BCUT2D eigenvalue weighted by atomic mass is 19.1. The molecule has 0 unspecified atom stereocenters. The van der Waals surface area contributed by atoms with E-state index in [1.165, 1.54) is 12.8 Å². The van der Waals surface area contributed by atoms with Gasteiger partial charge in [-0.3, -0.25) is 0 Å². The molecule has 0 radical (unpaired) electrons. The van der Waals surface area contributed by atoms with Crippen molar-refractivity contribution in [1.82, 2.24) is 14.7 Å². The van der Waals surface area contributed by atoms with Crippen LogP contribution in [0.25, 0.3) is 5.57 Å². The minimum absolute atomic E-state index is 0.0829. The number of carbonyl (C=O) groups excluding carboxylic acids is 1. The second-order valence-electron chi connectivity index (χ2n) is 10.2. The first-order valence-corrected chi connectivity index (χ1v) is 12.5. The van der Waals surface area contributed by atoms with E-state index in [4.69, 9.17) is 0 Å². The summed E-state index contributed by atoms with van der Waals surface area (Å²) in [5.74, 6) is -0.251. The van der Waals surface area contributed by atoms with E-state index in [-0.39, 0.29) is 30.8 Å². The van der Waals surface area contributed by atoms with Gasteiger partial charge in [-0.1, -0.05) is 30.3 Å². The molecular formula is C28H33F2N3O2. The maximum absolute atomic E-state index is 14.7. The van der Waals surface area contributed by atoms with Crippen molar-refractivity contribution < 1.29 is 18.7 Å². The summed E-state index contributed by atoms with van der Waals surface area (Å²) < 4.78 is 28.7. The highest BCUT2D eigenvalue weighted by molar-refractivity contribution is 5.83. The molecule has 5 nitrogen and oxygen atoms in total. The highest BCUT2D eigenvalue weighted by Crippen LogP contribution is 2.41. The van der Waals surface area contributed by atoms with Crippen molar-refractivity contribution >= 4 is 11.6 Å². The van der Waals surface area contributed by atoms with Crippen LogP contribution in [-0.4, -0.2) is 71.7 Å². The number of benzene rings is 2. The number of likely N-dealkylation sites (tertiary alicyclic amines) is 1. The topological polar surface area (TPSA) is 47.0 Å². The number of hydrogen-bond donors (Lipinski definition) is 1. The van der Waals surface area contributed by atoms with E-state index in [1.54, 1.807) is 15.9 Å². The average molecular weight is 482 g/mol. The zero-order valence-corrected chi connectivity index (χ0v) is 20.2. The number of amides is 2. The first-order chi connectivity index (χ1) is 16.9. The Morgan fingerprint density at radius 2 is 1.80 bits per heavy atom. The number of carbonyl (C=O) groups is 1. The largest absolute Gasteiger partial charge is 0.393 e. The molecule has 1 aliphatic carbocycles. The molecule has 2 aromatic carbocycles. The SMILES string of the molecule is CN(C(=O)N1CC(c2cc(F)ccc2F)=C[C@@]1(CO)c1ccccc1)C1CCN(CC2CC2)CC1. The molecule has 1 N–H and O–H groups in total. The third-order valence-corrected chi connectivity index (χ3v) is 7.86. The number of halogens is 2. The molecule has 7 heteroatoms. The number of aliphatic hydroxyl groups excluding tert-OH is 1. The third-order valence-electron chi connectivity index (χ3n) is 7.86. The van der Waals surface area contributed by atoms with Crippen molar-refractivity contribution in [1.29, 1.82) is 0 Å². The molecule has 0 bridgehead atoms. The molecule has 0 spiro atoms. The maximum Gasteiger partial charge on any atom is 0.321 e. The summed E-state index contributed by atoms with van der Waals surface area (Å²) in [6.07, 6.45) is 6.19. The summed E-state index contributed by atoms with van der Waals surface area (Å²) in [5.41, 5.74) is 0.175. The Bertz CT molecular complexity index is 1100. The predicted octanol–water partition coefficient (Wildman–Crippen LogP) is 4.48. The molecule has 1 atom stereocenters. The first-order valence-electron chi connectivity index (χ1n) is 12.5. The van der Waals surface area contributed by atoms with Crippen LogP contribution in [0.2, 0.25) is 0 Å². The average Bonchev–Trinajstić information content (AvgIpc) is 3.62. The lowest BCUT2D eigenvalue weighted by Crippen LogP contribution is -2.55. The van der Waals surface area contributed by atoms with E-state index in [1.807, 2.05) is 37.4 Å². The molecular weight excluding hydrogens is 448 g/mol. The molecule has 5 rings (SSSR count). The minimum Gasteiger partial charge on any atom is -0.393 e. The lowest BCUT2D eigenvalue weighted by Gasteiger charge is -2.43. The Morgan fingerprint density at radius 1 is 1.09 bits per heavy atom. The molecule has 2 aromatic rings. The second kappa shape index (κ2) is 9.70. The quantitative estimate of drug-likeness (QED) is 0.662. The van der Waals surface area contributed by atoms with Gasteiger partial charge in [0.25, 0.3) is 0 Å². The number of piperidine rings is 1. The van der Waals surface area contributed by atoms with Crippen LogP contribution in [0.4, 0.5) is 13.6 Å². The van der Waals surface area contributed by atoms with E-state index in [0.29, 0.717) is 5.57 Å². The number of aliphatic hydroxyl groups is 1. The monoisotopic (exact) mass is 481 g/mol. The lowest BCUT2D eigenvalue weighted by atomic mass is 9.89. The first kappa shape index (κ1) is 23.9. The van der Waals surface area contributed by atoms with Crippen LogP contribution in [0.1, 0.15) is 36.8 Å². The smallest absolute Gasteiger partial charge is 0.321 e. The summed E-state index contributed by atoms with van der Waals surface area (Å²) in [6.45, 7) is 2.82. The lowest BCUT2D eigenvalue weighted by molar-refractivity contribution is 0.0678. The molecule has 2 heterocycles. The molecule has 186 valence electrons. The molecule has 2 aliphatic heterocycles. The van der Waals surface area contributed by atoms with E-state index < -0.39 is 17.2 Å². The van der Waals surface area contributed by atoms with Crippen LogP contribution in [-0.2, 0) is 5.54 Å². The Hall–Kier alpha value is -2.77. The van der Waals surface area contributed by atoms with Gasteiger partial charge in [0.15, 0.2) is 0 Å². The van der Waals surface area contributed by atoms with Gasteiger partial charge < -0.3 is 19.8 Å². The Balaban J connectivity index is 1.42. The maximum atomic E-state index is 14.7. The van der Waals surface area contributed by atoms with E-state index >= 15 is 0 Å². The van der Waals surface area contributed by atoms with Crippen molar-refractivity contribution in [2.75, 3.05) is 39.8 Å². The van der Waals surface area contributed by atoms with Crippen LogP contribution in [0.15, 0.2) is 54.6 Å². The Morgan fingerprint density at radius 3 is 2.46 bits per heavy atom. The van der Waals surface area contributed by atoms with Crippen LogP contribution < -0.4 is 0 Å². The molecule has 1 saturated heterocycles. The molecule has 2 fully saturated rings. The summed E-state index contributed by atoms with van der Waals surface area (Å²) in [7, 11) is 1.82. The number of hydrogen-bond acceptors (Lipinski definition) is 3. The summed E-state index contributed by atoms with van der Waals surface area (Å²) in [4.78, 5) is 19.8. The van der Waals surface area contributed by atoms with Crippen LogP contribution in [0, 0.1) is 17.6 Å². The summed E-state index contributed by atoms with van der Waals surface area (Å²) in [5, 5.41) is 10.7. The Kier molecular flexibility index (Phi) is 6.64. The number of urea groups is 1. The zero-order chi connectivity index (χ0) is 24.6. The van der Waals surface area contributed by atoms with Crippen molar-refractivity contribution in [3.05, 3.63) is 77.4 Å². The zero-order valence-electron chi connectivity index (χ0n) is 20.2. The van der Waals surface area contributed by atoms with Gasteiger partial charge in [0.1, 0.15) is 17.2 Å². The molecule has 35 heavy (non-hydrogen) atoms. The van der Waals surface area contributed by atoms with Gasteiger partial charge in [-0.2, -0.15) is 0 Å². The fourth-order valence-corrected chi connectivity index (χ4v) is 5.56. The number of nitrogens with zero attached hydrogens (tertiary/aromatic N) is 3. The number of rotatable bonds is 6. The van der Waals surface area contributed by atoms with Crippen LogP contribution in [0.5, 0.6) is 0 Å². The van der Waals surface area contributed by atoms with Gasteiger partial charge >= 0.3 is 6.03 Å². The van der Waals surface area contributed by atoms with Gasteiger partial charge in [0.2, 0.25) is 0 Å². The van der Waals surface area contributed by atoms with E-state index in [0.717, 1.165) is 62.2 Å². The highest BCUT2D eigenvalue weighted by Gasteiger charge is 2.46. The van der Waals surface area contributed by atoms with Gasteiger partial charge in [-0.25, -0.2) is 13.6 Å². The van der Waals surface area contributed by atoms with Gasteiger partial charge in [-0.05, 0) is 67.0 Å². The van der Waals surface area contributed by atoms with Gasteiger partial charge in [-0.15, -0.1) is 0 Å². The predicted molar refractivity (Wildman–Crippen MR) is 132 cm³/mol. The molecule has 0 aromatic heterocycles. The van der Waals surface area contributed by atoms with E-state index in [9.17, 15) is 18.7 Å². The van der Waals surface area contributed by atoms with Gasteiger partial charge in [0, 0.05) is 44.8 Å². The molecule has 2 amide bonds. The van der Waals surface area contributed by atoms with Crippen molar-refractivity contribution in [2.24, 2.45) is 5.92 Å². The van der Waals surface area contributed by atoms with Crippen LogP contribution in [0.3, 0.4) is 0 Å². The van der Waals surface area contributed by atoms with Crippen molar-refractivity contribution in [3.8, 4) is 0 Å².